The molecule has 7 nitrogen and oxygen atoms in total. The maximum Gasteiger partial charge on any atom is 0.323 e. The number of carbonyl (C=O) groups is 2. The van der Waals surface area contributed by atoms with E-state index in [0.29, 0.717) is 16.9 Å². The Morgan fingerprint density at radius 1 is 0.724 bits per heavy atom. The van der Waals surface area contributed by atoms with Crippen LogP contribution in [0.5, 0.6) is 0 Å². The number of hydrogen-bond donors (Lipinski definition) is 3. The van der Waals surface area contributed by atoms with Gasteiger partial charge >= 0.3 is 6.03 Å². The van der Waals surface area contributed by atoms with Crippen LogP contribution in [0.1, 0.15) is 15.9 Å². The highest BCUT2D eigenvalue weighted by Gasteiger charge is 2.19. The van der Waals surface area contributed by atoms with Crippen molar-refractivity contribution in [1.29, 1.82) is 0 Å². The van der Waals surface area contributed by atoms with Crippen molar-refractivity contribution in [2.24, 2.45) is 0 Å². The zero-order chi connectivity index (χ0) is 20.9. The van der Waals surface area contributed by atoms with Gasteiger partial charge in [0.25, 0.3) is 15.9 Å². The van der Waals surface area contributed by atoms with Gasteiger partial charge in [0.1, 0.15) is 0 Å². The summed E-state index contributed by atoms with van der Waals surface area (Å²) in [4.78, 5) is 24.2. The molecule has 0 fully saturated rings. The van der Waals surface area contributed by atoms with Crippen molar-refractivity contribution >= 4 is 33.3 Å². The maximum atomic E-state index is 12.5. The molecule has 0 aliphatic rings. The molecule has 0 saturated heterocycles. The molecule has 0 heterocycles. The summed E-state index contributed by atoms with van der Waals surface area (Å²) in [6, 6.07) is 20.7. The highest BCUT2D eigenvalue weighted by molar-refractivity contribution is 7.90. The number of rotatable bonds is 5. The van der Waals surface area contributed by atoms with Gasteiger partial charge in [0, 0.05) is 16.9 Å². The van der Waals surface area contributed by atoms with Gasteiger partial charge in [-0.1, -0.05) is 36.4 Å². The van der Waals surface area contributed by atoms with Crippen LogP contribution in [0.4, 0.5) is 16.2 Å². The number of carbonyl (C=O) groups excluding carboxylic acids is 2. The number of hydrogen-bond acceptors (Lipinski definition) is 4. The highest BCUT2D eigenvalue weighted by Crippen LogP contribution is 2.16. The lowest BCUT2D eigenvalue weighted by Gasteiger charge is -2.10. The third-order valence-electron chi connectivity index (χ3n) is 4.07. The predicted octanol–water partition coefficient (Wildman–Crippen LogP) is 3.76. The van der Waals surface area contributed by atoms with E-state index in [1.165, 1.54) is 24.3 Å². The van der Waals surface area contributed by atoms with Crippen LogP contribution in [0.2, 0.25) is 0 Å². The SMILES string of the molecule is Cc1ccccc1C(=O)NS(=O)(=O)c1ccc(NC(=O)Nc2ccccc2)cc1. The summed E-state index contributed by atoms with van der Waals surface area (Å²) in [6.45, 7) is 1.72. The molecular formula is C21H19N3O4S. The van der Waals surface area contributed by atoms with E-state index >= 15 is 0 Å². The lowest BCUT2D eigenvalue weighted by Crippen LogP contribution is -2.31. The molecule has 3 N–H and O–H groups in total. The number of aryl methyl sites for hydroxylation is 1. The fourth-order valence-corrected chi connectivity index (χ4v) is 3.56. The highest BCUT2D eigenvalue weighted by atomic mass is 32.2. The van der Waals surface area contributed by atoms with Crippen LogP contribution < -0.4 is 15.4 Å². The summed E-state index contributed by atoms with van der Waals surface area (Å²) in [7, 11) is -4.05. The zero-order valence-electron chi connectivity index (χ0n) is 15.5. The Balaban J connectivity index is 1.66. The first-order chi connectivity index (χ1) is 13.8. The van der Waals surface area contributed by atoms with E-state index in [2.05, 4.69) is 15.4 Å². The fraction of sp³-hybridized carbons (Fsp3) is 0.0476. The minimum absolute atomic E-state index is 0.0894. The van der Waals surface area contributed by atoms with Crippen molar-refractivity contribution in [2.75, 3.05) is 10.6 Å². The van der Waals surface area contributed by atoms with Gasteiger partial charge in [0.15, 0.2) is 0 Å². The maximum absolute atomic E-state index is 12.5. The van der Waals surface area contributed by atoms with Crippen LogP contribution in [0.15, 0.2) is 83.8 Å². The topological polar surface area (TPSA) is 104 Å². The summed E-state index contributed by atoms with van der Waals surface area (Å²) >= 11 is 0. The average Bonchev–Trinajstić information content (AvgIpc) is 2.69. The number of nitrogens with one attached hydrogen (secondary N) is 3. The molecule has 148 valence electrons. The lowest BCUT2D eigenvalue weighted by molar-refractivity contribution is 0.0981. The van der Waals surface area contributed by atoms with Crippen molar-refractivity contribution in [3.8, 4) is 0 Å². The monoisotopic (exact) mass is 409 g/mol. The molecule has 0 unspecified atom stereocenters. The summed E-state index contributed by atoms with van der Waals surface area (Å²) in [5.74, 6) is -0.701. The molecule has 29 heavy (non-hydrogen) atoms. The zero-order valence-corrected chi connectivity index (χ0v) is 16.4. The van der Waals surface area contributed by atoms with E-state index in [4.69, 9.17) is 0 Å². The van der Waals surface area contributed by atoms with Crippen molar-refractivity contribution in [1.82, 2.24) is 4.72 Å². The largest absolute Gasteiger partial charge is 0.323 e. The van der Waals surface area contributed by atoms with E-state index in [9.17, 15) is 18.0 Å². The summed E-state index contributed by atoms with van der Waals surface area (Å²) in [6.07, 6.45) is 0. The van der Waals surface area contributed by atoms with E-state index in [-0.39, 0.29) is 10.5 Å². The van der Waals surface area contributed by atoms with Crippen LogP contribution in [-0.4, -0.2) is 20.4 Å². The first kappa shape index (κ1) is 20.1. The molecule has 3 aromatic carbocycles. The van der Waals surface area contributed by atoms with Crippen molar-refractivity contribution in [3.63, 3.8) is 0 Å². The Hall–Kier alpha value is -3.65. The van der Waals surface area contributed by atoms with Gasteiger partial charge in [0.05, 0.1) is 4.90 Å². The second-order valence-electron chi connectivity index (χ2n) is 6.22. The summed E-state index contributed by atoms with van der Waals surface area (Å²) in [5, 5.41) is 5.27. The van der Waals surface area contributed by atoms with Crippen LogP contribution in [0, 0.1) is 6.92 Å². The van der Waals surface area contributed by atoms with Crippen LogP contribution in [0.3, 0.4) is 0 Å². The lowest BCUT2D eigenvalue weighted by atomic mass is 10.1. The second kappa shape index (κ2) is 8.57. The third-order valence-corrected chi connectivity index (χ3v) is 5.42. The van der Waals surface area contributed by atoms with Gasteiger partial charge in [-0.3, -0.25) is 4.79 Å². The van der Waals surface area contributed by atoms with E-state index in [1.807, 2.05) is 6.07 Å². The van der Waals surface area contributed by atoms with Crippen molar-refractivity contribution in [2.45, 2.75) is 11.8 Å². The standard InChI is InChI=1S/C21H19N3O4S/c1-15-7-5-6-10-19(15)20(25)24-29(27,28)18-13-11-17(12-14-18)23-21(26)22-16-8-3-2-4-9-16/h2-14H,1H3,(H,24,25)(H2,22,23,26). The van der Waals surface area contributed by atoms with Gasteiger partial charge in [-0.25, -0.2) is 17.9 Å². The Labute approximate surface area is 168 Å². The first-order valence-corrected chi connectivity index (χ1v) is 10.2. The summed E-state index contributed by atoms with van der Waals surface area (Å²) in [5.41, 5.74) is 1.99. The van der Waals surface area contributed by atoms with Crippen molar-refractivity contribution < 1.29 is 18.0 Å². The van der Waals surface area contributed by atoms with Gasteiger partial charge in [0.2, 0.25) is 0 Å². The van der Waals surface area contributed by atoms with Crippen LogP contribution >= 0.6 is 0 Å². The molecule has 3 amide bonds. The number of para-hydroxylation sites is 1. The number of urea groups is 1. The second-order valence-corrected chi connectivity index (χ2v) is 7.90. The minimum atomic E-state index is -4.05. The molecule has 3 rings (SSSR count). The molecule has 0 atom stereocenters. The van der Waals surface area contributed by atoms with Gasteiger partial charge < -0.3 is 10.6 Å². The van der Waals surface area contributed by atoms with Crippen molar-refractivity contribution in [3.05, 3.63) is 90.0 Å². The molecule has 8 heteroatoms. The normalized spacial score (nSPS) is 10.8. The summed E-state index contributed by atoms with van der Waals surface area (Å²) < 4.78 is 27.0. The van der Waals surface area contributed by atoms with Crippen LogP contribution in [-0.2, 0) is 10.0 Å². The van der Waals surface area contributed by atoms with E-state index < -0.39 is 22.0 Å². The molecular weight excluding hydrogens is 390 g/mol. The fourth-order valence-electron chi connectivity index (χ4n) is 2.60. The van der Waals surface area contributed by atoms with Gasteiger partial charge in [-0.15, -0.1) is 0 Å². The minimum Gasteiger partial charge on any atom is -0.308 e. The van der Waals surface area contributed by atoms with E-state index in [0.717, 1.165) is 0 Å². The Morgan fingerprint density at radius 2 is 1.28 bits per heavy atom. The Bertz CT molecular complexity index is 1130. The molecule has 0 aliphatic carbocycles. The predicted molar refractivity (Wildman–Crippen MR) is 111 cm³/mol. The van der Waals surface area contributed by atoms with Gasteiger partial charge in [-0.05, 0) is 55.0 Å². The molecule has 0 radical (unpaired) electrons. The molecule has 0 aliphatic heterocycles. The Morgan fingerprint density at radius 3 is 1.90 bits per heavy atom. The Kier molecular flexibility index (Phi) is 5.94. The van der Waals surface area contributed by atoms with E-state index in [1.54, 1.807) is 55.5 Å². The third kappa shape index (κ3) is 5.20. The molecule has 0 spiro atoms. The smallest absolute Gasteiger partial charge is 0.308 e. The molecule has 0 aromatic heterocycles. The molecule has 3 aromatic rings. The molecule has 0 saturated carbocycles. The first-order valence-electron chi connectivity index (χ1n) is 8.71. The molecule has 0 bridgehead atoms. The number of sulfonamides is 1. The number of amides is 3. The quantitative estimate of drug-likeness (QED) is 0.597. The van der Waals surface area contributed by atoms with Crippen LogP contribution in [0.25, 0.3) is 0 Å². The van der Waals surface area contributed by atoms with Gasteiger partial charge in [-0.2, -0.15) is 0 Å². The number of anilines is 2. The average molecular weight is 409 g/mol. The number of benzene rings is 3.